The van der Waals surface area contributed by atoms with Crippen LogP contribution in [0.15, 0.2) is 50.6 Å². The first kappa shape index (κ1) is 10.0. The van der Waals surface area contributed by atoms with E-state index in [-0.39, 0.29) is 0 Å². The summed E-state index contributed by atoms with van der Waals surface area (Å²) in [5, 5.41) is 0. The van der Waals surface area contributed by atoms with Crippen molar-refractivity contribution in [3.8, 4) is 0 Å². The Balaban J connectivity index is 0. The summed E-state index contributed by atoms with van der Waals surface area (Å²) in [6, 6.07) is 0. The van der Waals surface area contributed by atoms with E-state index in [1.54, 1.807) is 24.3 Å². The summed E-state index contributed by atoms with van der Waals surface area (Å²) in [5.41, 5.74) is 0. The highest BCUT2D eigenvalue weighted by Crippen LogP contribution is 1.53. The molecule has 0 heterocycles. The average molecular weight is 108 g/mol. The molecule has 0 rings (SSSR count). The van der Waals surface area contributed by atoms with Gasteiger partial charge in [0, 0.05) is 0 Å². The summed E-state index contributed by atoms with van der Waals surface area (Å²) >= 11 is 0. The van der Waals surface area contributed by atoms with Crippen molar-refractivity contribution in [3.63, 3.8) is 0 Å². The van der Waals surface area contributed by atoms with Gasteiger partial charge >= 0.3 is 0 Å². The van der Waals surface area contributed by atoms with Crippen LogP contribution in [-0.4, -0.2) is 0 Å². The third-order valence-corrected chi connectivity index (χ3v) is 0.333. The Morgan fingerprint density at radius 1 is 0.500 bits per heavy atom. The molecule has 8 heavy (non-hydrogen) atoms. The first-order chi connectivity index (χ1) is 3.83. The van der Waals surface area contributed by atoms with E-state index in [1.165, 1.54) is 0 Å². The fourth-order valence-electron chi connectivity index (χ4n) is 0. The van der Waals surface area contributed by atoms with Crippen molar-refractivity contribution in [1.82, 2.24) is 0 Å². The SMILES string of the molecule is C=CC=C.C=CC=C. The zero-order valence-corrected chi connectivity index (χ0v) is 5.14. The van der Waals surface area contributed by atoms with E-state index in [0.29, 0.717) is 0 Å². The summed E-state index contributed by atoms with van der Waals surface area (Å²) in [6.45, 7) is 13.4. The van der Waals surface area contributed by atoms with E-state index in [1.807, 2.05) is 0 Å². The molecule has 0 aromatic carbocycles. The highest BCUT2D eigenvalue weighted by Gasteiger charge is 1.29. The van der Waals surface area contributed by atoms with Crippen LogP contribution in [0.2, 0.25) is 0 Å². The predicted molar refractivity (Wildman–Crippen MR) is 40.8 cm³/mol. The molecule has 0 bridgehead atoms. The van der Waals surface area contributed by atoms with Crippen LogP contribution in [0.3, 0.4) is 0 Å². The largest absolute Gasteiger partial charge is 0.0991 e. The second kappa shape index (κ2) is 16.7. The maximum Gasteiger partial charge on any atom is -0.0701 e. The molecule has 0 aromatic heterocycles. The summed E-state index contributed by atoms with van der Waals surface area (Å²) in [6.07, 6.45) is 6.56. The molecule has 0 heteroatoms. The Bertz CT molecular complexity index is 54.0. The zero-order chi connectivity index (χ0) is 6.83. The van der Waals surface area contributed by atoms with Crippen LogP contribution in [0.5, 0.6) is 0 Å². The lowest BCUT2D eigenvalue weighted by atomic mass is 10.6. The molecule has 0 aliphatic carbocycles. The third-order valence-electron chi connectivity index (χ3n) is 0.333. The van der Waals surface area contributed by atoms with Gasteiger partial charge in [-0.05, 0) is 0 Å². The lowest BCUT2D eigenvalue weighted by molar-refractivity contribution is 2.15. The standard InChI is InChI=1S/2C4H6/c2*1-3-4-2/h2*3-4H,1-2H2. The summed E-state index contributed by atoms with van der Waals surface area (Å²) in [5.74, 6) is 0. The van der Waals surface area contributed by atoms with Crippen molar-refractivity contribution in [2.24, 2.45) is 0 Å². The minimum Gasteiger partial charge on any atom is -0.0991 e. The molecular formula is C8H12. The van der Waals surface area contributed by atoms with Gasteiger partial charge in [0.1, 0.15) is 0 Å². The van der Waals surface area contributed by atoms with Crippen LogP contribution in [0.1, 0.15) is 0 Å². The molecule has 0 fully saturated rings. The molecule has 0 radical (unpaired) electrons. The molecule has 0 aliphatic rings. The van der Waals surface area contributed by atoms with Gasteiger partial charge in [0.05, 0.1) is 0 Å². The van der Waals surface area contributed by atoms with Gasteiger partial charge in [-0.2, -0.15) is 0 Å². The minimum absolute atomic E-state index is 1.64. The molecule has 0 amide bonds. The highest BCUT2D eigenvalue weighted by molar-refractivity contribution is 4.88. The van der Waals surface area contributed by atoms with Crippen LogP contribution in [-0.2, 0) is 0 Å². The predicted octanol–water partition coefficient (Wildman–Crippen LogP) is 2.72. The average Bonchev–Trinajstić information content (AvgIpc) is 1.88. The second-order valence-electron chi connectivity index (χ2n) is 0.943. The van der Waals surface area contributed by atoms with Crippen molar-refractivity contribution in [1.29, 1.82) is 0 Å². The van der Waals surface area contributed by atoms with E-state index in [4.69, 9.17) is 0 Å². The molecule has 0 aliphatic heterocycles. The smallest absolute Gasteiger partial charge is 0.0701 e. The summed E-state index contributed by atoms with van der Waals surface area (Å²) in [7, 11) is 0. The van der Waals surface area contributed by atoms with E-state index >= 15 is 0 Å². The normalized spacial score (nSPS) is 5.00. The summed E-state index contributed by atoms with van der Waals surface area (Å²) < 4.78 is 0. The molecular weight excluding hydrogens is 96.1 g/mol. The summed E-state index contributed by atoms with van der Waals surface area (Å²) in [4.78, 5) is 0. The molecule has 0 aromatic rings. The van der Waals surface area contributed by atoms with Gasteiger partial charge < -0.3 is 0 Å². The van der Waals surface area contributed by atoms with E-state index in [2.05, 4.69) is 26.3 Å². The molecule has 0 saturated carbocycles. The molecule has 44 valence electrons. The first-order valence-electron chi connectivity index (χ1n) is 2.30. The Kier molecular flexibility index (Phi) is 21.0. The van der Waals surface area contributed by atoms with Gasteiger partial charge in [-0.15, -0.1) is 0 Å². The van der Waals surface area contributed by atoms with Gasteiger partial charge in [-0.25, -0.2) is 0 Å². The molecule has 0 unspecified atom stereocenters. The Hall–Kier alpha value is -1.04. The van der Waals surface area contributed by atoms with E-state index < -0.39 is 0 Å². The van der Waals surface area contributed by atoms with Gasteiger partial charge in [-0.3, -0.25) is 0 Å². The van der Waals surface area contributed by atoms with Crippen molar-refractivity contribution >= 4 is 0 Å². The number of hydrogen-bond acceptors (Lipinski definition) is 0. The van der Waals surface area contributed by atoms with Gasteiger partial charge in [0.15, 0.2) is 0 Å². The maximum absolute atomic E-state index is 3.36. The van der Waals surface area contributed by atoms with E-state index in [0.717, 1.165) is 0 Å². The van der Waals surface area contributed by atoms with Gasteiger partial charge in [0.2, 0.25) is 0 Å². The molecule has 0 saturated heterocycles. The lowest BCUT2D eigenvalue weighted by Crippen LogP contribution is -1.21. The Morgan fingerprint density at radius 2 is 0.625 bits per heavy atom. The molecule has 0 nitrogen and oxygen atoms in total. The van der Waals surface area contributed by atoms with Crippen LogP contribution in [0.25, 0.3) is 0 Å². The lowest BCUT2D eigenvalue weighted by Gasteiger charge is -1.44. The first-order valence-corrected chi connectivity index (χ1v) is 2.30. The second-order valence-corrected chi connectivity index (χ2v) is 0.943. The van der Waals surface area contributed by atoms with Crippen LogP contribution < -0.4 is 0 Å². The van der Waals surface area contributed by atoms with Crippen molar-refractivity contribution in [3.05, 3.63) is 50.6 Å². The topological polar surface area (TPSA) is 0 Å². The van der Waals surface area contributed by atoms with Gasteiger partial charge in [-0.1, -0.05) is 50.6 Å². The van der Waals surface area contributed by atoms with Crippen LogP contribution in [0.4, 0.5) is 0 Å². The monoisotopic (exact) mass is 108 g/mol. The van der Waals surface area contributed by atoms with Crippen LogP contribution in [0, 0.1) is 0 Å². The fourth-order valence-corrected chi connectivity index (χ4v) is 0. The molecule has 0 spiro atoms. The quantitative estimate of drug-likeness (QED) is 0.477. The maximum atomic E-state index is 3.36. The van der Waals surface area contributed by atoms with Crippen molar-refractivity contribution < 1.29 is 0 Å². The molecule has 0 atom stereocenters. The third kappa shape index (κ3) is 84.4. The van der Waals surface area contributed by atoms with Crippen molar-refractivity contribution in [2.75, 3.05) is 0 Å². The van der Waals surface area contributed by atoms with E-state index in [9.17, 15) is 0 Å². The molecule has 0 N–H and O–H groups in total. The highest BCUT2D eigenvalue weighted by atomic mass is 13.4. The minimum atomic E-state index is 1.64. The fraction of sp³-hybridized carbons (Fsp3) is 0. The Labute approximate surface area is 51.5 Å². The van der Waals surface area contributed by atoms with Gasteiger partial charge in [0.25, 0.3) is 0 Å². The number of rotatable bonds is 2. The number of allylic oxidation sites excluding steroid dienone is 4. The number of hydrogen-bond donors (Lipinski definition) is 0. The Morgan fingerprint density at radius 3 is 0.625 bits per heavy atom. The van der Waals surface area contributed by atoms with Crippen molar-refractivity contribution in [2.45, 2.75) is 0 Å². The van der Waals surface area contributed by atoms with Crippen LogP contribution >= 0.6 is 0 Å². The zero-order valence-electron chi connectivity index (χ0n) is 5.14.